The third-order valence-electron chi connectivity index (χ3n) is 3.86. The third kappa shape index (κ3) is 2.78. The van der Waals surface area contributed by atoms with Crippen molar-refractivity contribution in [1.29, 1.82) is 0 Å². The minimum Gasteiger partial charge on any atom is -0.355 e. The summed E-state index contributed by atoms with van der Waals surface area (Å²) in [5.74, 6) is 0.156. The predicted molar refractivity (Wildman–Crippen MR) is 67.0 cm³/mol. The molecule has 3 fully saturated rings. The Morgan fingerprint density at radius 2 is 1.89 bits per heavy atom. The van der Waals surface area contributed by atoms with Crippen molar-refractivity contribution in [2.75, 3.05) is 13.1 Å². The number of rotatable bonds is 6. The fraction of sp³-hybridized carbons (Fsp3) is 0.769. The molecule has 3 amide bonds. The number of hydrogen-bond acceptors (Lipinski definition) is 4. The van der Waals surface area contributed by atoms with Gasteiger partial charge in [0.25, 0.3) is 0 Å². The Bertz CT molecular complexity index is 415. The summed E-state index contributed by atoms with van der Waals surface area (Å²) in [5.41, 5.74) is 0. The van der Waals surface area contributed by atoms with Gasteiger partial charge in [0.05, 0.1) is 12.5 Å². The van der Waals surface area contributed by atoms with Gasteiger partial charge in [-0.1, -0.05) is 0 Å². The van der Waals surface area contributed by atoms with Crippen molar-refractivity contribution >= 4 is 17.7 Å². The van der Waals surface area contributed by atoms with E-state index in [0.717, 1.165) is 25.7 Å². The van der Waals surface area contributed by atoms with Crippen LogP contribution in [0.4, 0.5) is 0 Å². The highest BCUT2D eigenvalue weighted by Gasteiger charge is 2.45. The second kappa shape index (κ2) is 4.92. The van der Waals surface area contributed by atoms with Gasteiger partial charge in [-0.15, -0.1) is 0 Å². The Labute approximate surface area is 111 Å². The molecular formula is C13H19N3O3. The molecule has 3 aliphatic rings. The molecule has 3 rings (SSSR count). The largest absolute Gasteiger partial charge is 0.355 e. The molecule has 2 N–H and O–H groups in total. The fourth-order valence-corrected chi connectivity index (χ4v) is 2.45. The molecule has 0 spiro atoms. The molecule has 6 heteroatoms. The Balaban J connectivity index is 1.39. The summed E-state index contributed by atoms with van der Waals surface area (Å²) < 4.78 is 0. The summed E-state index contributed by atoms with van der Waals surface area (Å²) in [4.78, 5) is 36.5. The number of amides is 3. The molecule has 0 aromatic rings. The average molecular weight is 265 g/mol. The van der Waals surface area contributed by atoms with Gasteiger partial charge in [0.15, 0.2) is 0 Å². The summed E-state index contributed by atoms with van der Waals surface area (Å²) >= 11 is 0. The molecule has 0 bridgehead atoms. The topological polar surface area (TPSA) is 78.5 Å². The van der Waals surface area contributed by atoms with E-state index in [1.54, 1.807) is 0 Å². The van der Waals surface area contributed by atoms with Crippen LogP contribution in [0.1, 0.15) is 32.1 Å². The molecule has 1 aliphatic heterocycles. The van der Waals surface area contributed by atoms with Crippen molar-refractivity contribution in [3.8, 4) is 0 Å². The molecule has 6 nitrogen and oxygen atoms in total. The first-order chi connectivity index (χ1) is 9.16. The van der Waals surface area contributed by atoms with Crippen LogP contribution in [0, 0.1) is 5.92 Å². The molecule has 1 atom stereocenters. The molecule has 1 saturated heterocycles. The van der Waals surface area contributed by atoms with Crippen LogP contribution in [0.5, 0.6) is 0 Å². The zero-order valence-electron chi connectivity index (χ0n) is 10.9. The van der Waals surface area contributed by atoms with Gasteiger partial charge >= 0.3 is 0 Å². The normalized spacial score (nSPS) is 26.9. The molecule has 0 aromatic heterocycles. The first-order valence-corrected chi connectivity index (χ1v) is 7.04. The number of carbonyl (C=O) groups excluding carboxylic acids is 3. The number of nitrogens with zero attached hydrogens (tertiary/aromatic N) is 1. The maximum absolute atomic E-state index is 12.0. The van der Waals surface area contributed by atoms with Gasteiger partial charge in [-0.3, -0.25) is 19.3 Å². The van der Waals surface area contributed by atoms with Crippen LogP contribution in [-0.2, 0) is 14.4 Å². The Hall–Kier alpha value is -1.43. The highest BCUT2D eigenvalue weighted by atomic mass is 16.2. The SMILES string of the molecule is O=C(NCCNC1CC(=O)N(C2CC2)C1=O)C1CC1. The van der Waals surface area contributed by atoms with Crippen LogP contribution in [0.15, 0.2) is 0 Å². The van der Waals surface area contributed by atoms with E-state index in [1.807, 2.05) is 0 Å². The van der Waals surface area contributed by atoms with Crippen LogP contribution in [-0.4, -0.2) is 47.8 Å². The van der Waals surface area contributed by atoms with Crippen molar-refractivity contribution < 1.29 is 14.4 Å². The van der Waals surface area contributed by atoms with Gasteiger partial charge in [-0.25, -0.2) is 0 Å². The highest BCUT2D eigenvalue weighted by Crippen LogP contribution is 2.31. The molecule has 2 aliphatic carbocycles. The Kier molecular flexibility index (Phi) is 3.26. The van der Waals surface area contributed by atoms with Crippen LogP contribution in [0.2, 0.25) is 0 Å². The number of likely N-dealkylation sites (tertiary alicyclic amines) is 1. The van der Waals surface area contributed by atoms with Crippen molar-refractivity contribution in [3.63, 3.8) is 0 Å². The first kappa shape index (κ1) is 12.6. The first-order valence-electron chi connectivity index (χ1n) is 7.04. The van der Waals surface area contributed by atoms with E-state index in [4.69, 9.17) is 0 Å². The van der Waals surface area contributed by atoms with Gasteiger partial charge in [0.2, 0.25) is 17.7 Å². The standard InChI is InChI=1S/C13H19N3O3/c17-11-7-10(13(19)16(11)9-3-4-9)14-5-6-15-12(18)8-1-2-8/h8-10,14H,1-7H2,(H,15,18). The minimum atomic E-state index is -0.397. The Morgan fingerprint density at radius 3 is 2.53 bits per heavy atom. The third-order valence-corrected chi connectivity index (χ3v) is 3.86. The van der Waals surface area contributed by atoms with Gasteiger partial charge in [-0.05, 0) is 25.7 Å². The van der Waals surface area contributed by atoms with E-state index in [-0.39, 0.29) is 36.1 Å². The molecule has 2 saturated carbocycles. The van der Waals surface area contributed by atoms with Gasteiger partial charge in [0, 0.05) is 25.0 Å². The lowest BCUT2D eigenvalue weighted by Crippen LogP contribution is -2.42. The number of imide groups is 1. The van der Waals surface area contributed by atoms with Crippen LogP contribution < -0.4 is 10.6 Å². The Morgan fingerprint density at radius 1 is 1.16 bits per heavy atom. The highest BCUT2D eigenvalue weighted by molar-refractivity contribution is 6.06. The molecule has 1 unspecified atom stereocenters. The smallest absolute Gasteiger partial charge is 0.247 e. The van der Waals surface area contributed by atoms with E-state index < -0.39 is 6.04 Å². The van der Waals surface area contributed by atoms with Gasteiger partial charge < -0.3 is 10.6 Å². The minimum absolute atomic E-state index is 0.0629. The summed E-state index contributed by atoms with van der Waals surface area (Å²) in [7, 11) is 0. The van der Waals surface area contributed by atoms with Crippen LogP contribution in [0.25, 0.3) is 0 Å². The molecule has 19 heavy (non-hydrogen) atoms. The van der Waals surface area contributed by atoms with Crippen LogP contribution in [0.3, 0.4) is 0 Å². The lowest BCUT2D eigenvalue weighted by molar-refractivity contribution is -0.139. The van der Waals surface area contributed by atoms with Crippen LogP contribution >= 0.6 is 0 Å². The number of carbonyl (C=O) groups is 3. The second-order valence-electron chi connectivity index (χ2n) is 5.61. The average Bonchev–Trinajstić information content (AvgIpc) is 3.25. The fourth-order valence-electron chi connectivity index (χ4n) is 2.45. The molecule has 104 valence electrons. The summed E-state index contributed by atoms with van der Waals surface area (Å²) in [6, 6.07) is -0.243. The zero-order chi connectivity index (χ0) is 13.4. The monoisotopic (exact) mass is 265 g/mol. The number of hydrogen-bond donors (Lipinski definition) is 2. The second-order valence-corrected chi connectivity index (χ2v) is 5.61. The predicted octanol–water partition coefficient (Wildman–Crippen LogP) is -0.608. The quantitative estimate of drug-likeness (QED) is 0.496. The lowest BCUT2D eigenvalue weighted by atomic mass is 10.2. The van der Waals surface area contributed by atoms with Gasteiger partial charge in [0.1, 0.15) is 0 Å². The summed E-state index contributed by atoms with van der Waals surface area (Å²) in [6.07, 6.45) is 4.13. The van der Waals surface area contributed by atoms with Crippen molar-refractivity contribution in [2.24, 2.45) is 5.92 Å². The van der Waals surface area contributed by atoms with E-state index >= 15 is 0 Å². The maximum atomic E-state index is 12.0. The number of nitrogens with one attached hydrogen (secondary N) is 2. The molecule has 0 radical (unpaired) electrons. The van der Waals surface area contributed by atoms with E-state index in [1.165, 1.54) is 4.90 Å². The van der Waals surface area contributed by atoms with Gasteiger partial charge in [-0.2, -0.15) is 0 Å². The zero-order valence-corrected chi connectivity index (χ0v) is 10.9. The molecule has 0 aromatic carbocycles. The summed E-state index contributed by atoms with van der Waals surface area (Å²) in [5, 5.41) is 5.89. The van der Waals surface area contributed by atoms with Crippen molar-refractivity contribution in [3.05, 3.63) is 0 Å². The lowest BCUT2D eigenvalue weighted by Gasteiger charge is -2.14. The summed E-state index contributed by atoms with van der Waals surface area (Å²) in [6.45, 7) is 1.04. The van der Waals surface area contributed by atoms with E-state index in [9.17, 15) is 14.4 Å². The van der Waals surface area contributed by atoms with E-state index in [0.29, 0.717) is 13.1 Å². The maximum Gasteiger partial charge on any atom is 0.247 e. The molecule has 1 heterocycles. The molecular weight excluding hydrogens is 246 g/mol. The van der Waals surface area contributed by atoms with Crippen molar-refractivity contribution in [1.82, 2.24) is 15.5 Å². The van der Waals surface area contributed by atoms with E-state index in [2.05, 4.69) is 10.6 Å². The van der Waals surface area contributed by atoms with Crippen molar-refractivity contribution in [2.45, 2.75) is 44.2 Å².